The highest BCUT2D eigenvalue weighted by atomic mass is 35.5. The number of piperidine rings is 1. The molecule has 1 aromatic carbocycles. The second-order valence-electron chi connectivity index (χ2n) is 10.3. The van der Waals surface area contributed by atoms with E-state index < -0.39 is 6.17 Å². The molecule has 0 radical (unpaired) electrons. The highest BCUT2D eigenvalue weighted by molar-refractivity contribution is 6.32. The Hall–Kier alpha value is -3.61. The number of rotatable bonds is 5. The van der Waals surface area contributed by atoms with Crippen LogP contribution in [0.25, 0.3) is 22.2 Å². The number of benzene rings is 1. The molecule has 2 aromatic heterocycles. The molecule has 8 nitrogen and oxygen atoms in total. The lowest BCUT2D eigenvalue weighted by molar-refractivity contribution is -0.130. The Morgan fingerprint density at radius 1 is 1.31 bits per heavy atom. The molecule has 0 saturated carbocycles. The number of halogens is 2. The number of fused-ring (bicyclic) bond motifs is 1. The number of hydrogen-bond donors (Lipinski definition) is 1. The molecule has 3 aromatic rings. The van der Waals surface area contributed by atoms with E-state index in [0.717, 1.165) is 22.2 Å². The van der Waals surface area contributed by atoms with Gasteiger partial charge in [0, 0.05) is 43.2 Å². The lowest BCUT2D eigenvalue weighted by atomic mass is 9.92. The maximum atomic E-state index is 14.9. The number of carbonyl (C=O) groups excluding carboxylic acids is 1. The molecule has 5 rings (SSSR count). The monoisotopic (exact) mass is 550 g/mol. The van der Waals surface area contributed by atoms with Gasteiger partial charge < -0.3 is 19.9 Å². The van der Waals surface area contributed by atoms with Crippen LogP contribution in [0, 0.1) is 17.8 Å². The Morgan fingerprint density at radius 2 is 2.08 bits per heavy atom. The minimum Gasteiger partial charge on any atom is -0.495 e. The molecule has 2 N–H and O–H groups in total. The average molecular weight is 551 g/mol. The molecule has 0 spiro atoms. The van der Waals surface area contributed by atoms with E-state index in [9.17, 15) is 9.18 Å². The van der Waals surface area contributed by atoms with Crippen molar-refractivity contribution in [3.05, 3.63) is 47.9 Å². The zero-order valence-corrected chi connectivity index (χ0v) is 23.1. The summed E-state index contributed by atoms with van der Waals surface area (Å²) in [5.74, 6) is 7.65. The van der Waals surface area contributed by atoms with Crippen molar-refractivity contribution in [3.8, 4) is 28.7 Å². The number of anilines is 1. The summed E-state index contributed by atoms with van der Waals surface area (Å²) in [5.41, 5.74) is 9.56. The van der Waals surface area contributed by atoms with E-state index in [-0.39, 0.29) is 30.5 Å². The first-order valence-electron chi connectivity index (χ1n) is 13.0. The molecule has 2 atom stereocenters. The molecular weight excluding hydrogens is 519 g/mol. The van der Waals surface area contributed by atoms with E-state index in [1.54, 1.807) is 13.2 Å². The summed E-state index contributed by atoms with van der Waals surface area (Å²) in [7, 11) is 1.58. The quantitative estimate of drug-likeness (QED) is 0.376. The molecule has 39 heavy (non-hydrogen) atoms. The molecule has 4 heterocycles. The number of hydrogen-bond acceptors (Lipinski definition) is 6. The van der Waals surface area contributed by atoms with E-state index >= 15 is 0 Å². The van der Waals surface area contributed by atoms with Crippen molar-refractivity contribution in [2.45, 2.75) is 38.5 Å². The van der Waals surface area contributed by atoms with Gasteiger partial charge in [0.1, 0.15) is 35.4 Å². The Balaban J connectivity index is 1.46. The van der Waals surface area contributed by atoms with E-state index in [1.807, 2.05) is 12.1 Å². The number of ether oxygens (including phenoxy) is 1. The molecule has 204 valence electrons. The van der Waals surface area contributed by atoms with Crippen LogP contribution in [0.5, 0.6) is 5.75 Å². The van der Waals surface area contributed by atoms with Gasteiger partial charge >= 0.3 is 0 Å². The van der Waals surface area contributed by atoms with Crippen molar-refractivity contribution in [2.24, 2.45) is 5.92 Å². The van der Waals surface area contributed by atoms with Crippen LogP contribution in [0.3, 0.4) is 0 Å². The molecule has 1 amide bonds. The Kier molecular flexibility index (Phi) is 7.52. The van der Waals surface area contributed by atoms with Crippen LogP contribution in [-0.4, -0.2) is 75.7 Å². The van der Waals surface area contributed by atoms with Crippen LogP contribution in [0.4, 0.5) is 10.2 Å². The minimum atomic E-state index is -1.09. The van der Waals surface area contributed by atoms with Gasteiger partial charge in [-0.15, -0.1) is 0 Å². The van der Waals surface area contributed by atoms with Gasteiger partial charge in [-0.25, -0.2) is 14.4 Å². The number of alkyl halides is 1. The van der Waals surface area contributed by atoms with Crippen LogP contribution in [0.15, 0.2) is 37.2 Å². The fraction of sp³-hybridized carbons (Fsp3) is 0.414. The fourth-order valence-electron chi connectivity index (χ4n) is 5.56. The third-order valence-electron chi connectivity index (χ3n) is 7.54. The summed E-state index contributed by atoms with van der Waals surface area (Å²) >= 11 is 6.31. The maximum absolute atomic E-state index is 14.9. The van der Waals surface area contributed by atoms with Gasteiger partial charge in [0.15, 0.2) is 0 Å². The summed E-state index contributed by atoms with van der Waals surface area (Å²) in [4.78, 5) is 24.3. The van der Waals surface area contributed by atoms with Gasteiger partial charge in [0.05, 0.1) is 24.1 Å². The predicted octanol–water partition coefficient (Wildman–Crippen LogP) is 4.33. The zero-order chi connectivity index (χ0) is 27.8. The normalized spacial score (nSPS) is 20.0. The fourth-order valence-corrected chi connectivity index (χ4v) is 5.75. The molecule has 0 aliphatic carbocycles. The number of nitrogen functional groups attached to an aromatic ring is 1. The molecule has 2 fully saturated rings. The standard InChI is InChI=1S/C29H32ClFN6O2/c1-5-25(38)35-11-10-22(21(31)15-35)36-13-18(14-36)6-9-23-26(19-7-8-20(30)24(12-19)39-4)27-28(32)33-16-34-29(27)37(23)17(2)3/h5,7-8,12,16-18,21-22H,1,10-11,13-15H2,2-4H3,(H2,32,33,34)/t21-,22+/m1/s1. The average Bonchev–Trinajstić information content (AvgIpc) is 3.23. The number of carbonyl (C=O) groups is 1. The molecule has 2 aliphatic heterocycles. The van der Waals surface area contributed by atoms with Crippen LogP contribution in [0.2, 0.25) is 5.02 Å². The Labute approximate surface area is 232 Å². The number of likely N-dealkylation sites (tertiary alicyclic amines) is 2. The van der Waals surface area contributed by atoms with Crippen molar-refractivity contribution < 1.29 is 13.9 Å². The Morgan fingerprint density at radius 3 is 2.74 bits per heavy atom. The first-order valence-corrected chi connectivity index (χ1v) is 13.4. The number of nitrogens with two attached hydrogens (primary N) is 1. The van der Waals surface area contributed by atoms with Crippen molar-refractivity contribution in [1.29, 1.82) is 0 Å². The molecule has 10 heteroatoms. The van der Waals surface area contributed by atoms with Gasteiger partial charge in [-0.1, -0.05) is 30.2 Å². The second-order valence-corrected chi connectivity index (χ2v) is 10.7. The lowest BCUT2D eigenvalue weighted by Gasteiger charge is -2.46. The van der Waals surface area contributed by atoms with E-state index in [1.165, 1.54) is 17.3 Å². The molecule has 2 saturated heterocycles. The van der Waals surface area contributed by atoms with Gasteiger partial charge in [0.25, 0.3) is 0 Å². The largest absolute Gasteiger partial charge is 0.495 e. The van der Waals surface area contributed by atoms with Crippen LogP contribution < -0.4 is 10.5 Å². The SMILES string of the molecule is C=CC(=O)N1CC[C@H](N2CC(C#Cc3c(-c4ccc(Cl)c(OC)c4)c4c(N)ncnc4n3C(C)C)C2)[C@H](F)C1. The smallest absolute Gasteiger partial charge is 0.246 e. The number of nitrogens with zero attached hydrogens (tertiary/aromatic N) is 5. The predicted molar refractivity (Wildman–Crippen MR) is 151 cm³/mol. The van der Waals surface area contributed by atoms with E-state index in [0.29, 0.717) is 48.3 Å². The topological polar surface area (TPSA) is 89.5 Å². The summed E-state index contributed by atoms with van der Waals surface area (Å²) in [6, 6.07) is 5.43. The minimum absolute atomic E-state index is 0.0580. The number of aromatic nitrogens is 3. The second kappa shape index (κ2) is 10.9. The highest BCUT2D eigenvalue weighted by Crippen LogP contribution is 2.40. The number of methoxy groups -OCH3 is 1. The zero-order valence-electron chi connectivity index (χ0n) is 22.3. The van der Waals surface area contributed by atoms with Gasteiger partial charge in [-0.3, -0.25) is 9.69 Å². The first-order chi connectivity index (χ1) is 18.7. The summed E-state index contributed by atoms with van der Waals surface area (Å²) in [6.45, 7) is 9.66. The third-order valence-corrected chi connectivity index (χ3v) is 7.85. The molecular formula is C29H32ClFN6O2. The highest BCUT2D eigenvalue weighted by Gasteiger charge is 2.39. The van der Waals surface area contributed by atoms with E-state index in [2.05, 4.69) is 51.7 Å². The third kappa shape index (κ3) is 4.95. The van der Waals surface area contributed by atoms with Gasteiger partial charge in [0.2, 0.25) is 5.91 Å². The van der Waals surface area contributed by atoms with Crippen LogP contribution in [-0.2, 0) is 4.79 Å². The van der Waals surface area contributed by atoms with Crippen molar-refractivity contribution >= 4 is 34.4 Å². The summed E-state index contributed by atoms with van der Waals surface area (Å²) in [5, 5.41) is 1.24. The van der Waals surface area contributed by atoms with Crippen LogP contribution >= 0.6 is 11.6 Å². The Bertz CT molecular complexity index is 1490. The van der Waals surface area contributed by atoms with E-state index in [4.69, 9.17) is 22.1 Å². The van der Waals surface area contributed by atoms with Crippen molar-refractivity contribution in [2.75, 3.05) is 39.0 Å². The summed E-state index contributed by atoms with van der Waals surface area (Å²) in [6.07, 6.45) is 2.22. The number of amides is 1. The first kappa shape index (κ1) is 27.0. The maximum Gasteiger partial charge on any atom is 0.246 e. The van der Waals surface area contributed by atoms with Crippen LogP contribution in [0.1, 0.15) is 32.0 Å². The molecule has 0 bridgehead atoms. The molecule has 2 aliphatic rings. The summed E-state index contributed by atoms with van der Waals surface area (Å²) < 4.78 is 22.5. The van der Waals surface area contributed by atoms with Gasteiger partial charge in [-0.05, 0) is 50.0 Å². The van der Waals surface area contributed by atoms with Gasteiger partial charge in [-0.2, -0.15) is 0 Å². The van der Waals surface area contributed by atoms with Crippen molar-refractivity contribution in [1.82, 2.24) is 24.3 Å². The lowest BCUT2D eigenvalue weighted by Crippen LogP contribution is -2.60. The molecule has 0 unspecified atom stereocenters. The van der Waals surface area contributed by atoms with Crippen molar-refractivity contribution in [3.63, 3.8) is 0 Å².